The zero-order chi connectivity index (χ0) is 13.5. The van der Waals surface area contributed by atoms with Crippen molar-refractivity contribution >= 4 is 23.5 Å². The molecular formula is C12H14O5S. The fourth-order valence-electron chi connectivity index (χ4n) is 1.21. The quantitative estimate of drug-likeness (QED) is 0.464. The average molecular weight is 270 g/mol. The number of carbonyl (C=O) groups is 2. The summed E-state index contributed by atoms with van der Waals surface area (Å²) in [5.41, 5.74) is 0.293. The number of ketones is 1. The minimum Gasteiger partial charge on any atom is -0.504 e. The van der Waals surface area contributed by atoms with E-state index in [-0.39, 0.29) is 34.8 Å². The van der Waals surface area contributed by atoms with Crippen LogP contribution in [0.15, 0.2) is 18.2 Å². The Morgan fingerprint density at radius 1 is 1.22 bits per heavy atom. The van der Waals surface area contributed by atoms with Gasteiger partial charge < -0.3 is 14.9 Å². The lowest BCUT2D eigenvalue weighted by molar-refractivity contribution is -0.139. The molecule has 2 N–H and O–H groups in total. The number of ether oxygens (including phenoxy) is 1. The van der Waals surface area contributed by atoms with Crippen LogP contribution in [-0.2, 0) is 9.53 Å². The highest BCUT2D eigenvalue weighted by Crippen LogP contribution is 2.25. The number of esters is 1. The van der Waals surface area contributed by atoms with Gasteiger partial charge in [0.1, 0.15) is 0 Å². The van der Waals surface area contributed by atoms with Crippen LogP contribution in [0.5, 0.6) is 11.5 Å². The Hall–Kier alpha value is -1.69. The summed E-state index contributed by atoms with van der Waals surface area (Å²) < 4.78 is 4.72. The van der Waals surface area contributed by atoms with E-state index in [9.17, 15) is 14.7 Å². The molecule has 1 aromatic carbocycles. The van der Waals surface area contributed by atoms with Crippen LogP contribution < -0.4 is 0 Å². The molecule has 5 nitrogen and oxygen atoms in total. The molecule has 18 heavy (non-hydrogen) atoms. The Morgan fingerprint density at radius 3 is 2.56 bits per heavy atom. The minimum atomic E-state index is -0.358. The highest BCUT2D eigenvalue weighted by atomic mass is 32.2. The van der Waals surface area contributed by atoms with Crippen molar-refractivity contribution < 1.29 is 24.5 Å². The molecule has 0 aliphatic rings. The summed E-state index contributed by atoms with van der Waals surface area (Å²) in [4.78, 5) is 22.7. The normalized spacial score (nSPS) is 10.1. The van der Waals surface area contributed by atoms with Gasteiger partial charge in [0, 0.05) is 5.56 Å². The van der Waals surface area contributed by atoms with Gasteiger partial charge >= 0.3 is 5.97 Å². The molecule has 1 rings (SSSR count). The van der Waals surface area contributed by atoms with E-state index < -0.39 is 0 Å². The first-order valence-corrected chi connectivity index (χ1v) is 6.48. The van der Waals surface area contributed by atoms with Gasteiger partial charge in [-0.1, -0.05) is 0 Å². The van der Waals surface area contributed by atoms with Gasteiger partial charge in [0.2, 0.25) is 0 Å². The molecule has 0 fully saturated rings. The van der Waals surface area contributed by atoms with E-state index in [4.69, 9.17) is 9.84 Å². The van der Waals surface area contributed by atoms with Crippen molar-refractivity contribution in [1.82, 2.24) is 0 Å². The minimum absolute atomic E-state index is 0.114. The smallest absolute Gasteiger partial charge is 0.315 e. The summed E-state index contributed by atoms with van der Waals surface area (Å²) in [6.07, 6.45) is 0. The fraction of sp³-hybridized carbons (Fsp3) is 0.333. The molecule has 0 bridgehead atoms. The van der Waals surface area contributed by atoms with Crippen molar-refractivity contribution in [1.29, 1.82) is 0 Å². The zero-order valence-corrected chi connectivity index (χ0v) is 10.7. The van der Waals surface area contributed by atoms with Crippen molar-refractivity contribution in [3.05, 3.63) is 23.8 Å². The molecule has 0 unspecified atom stereocenters. The third-order valence-electron chi connectivity index (χ3n) is 2.06. The van der Waals surface area contributed by atoms with Gasteiger partial charge in [0.25, 0.3) is 0 Å². The van der Waals surface area contributed by atoms with Crippen LogP contribution in [0.25, 0.3) is 0 Å². The molecule has 0 spiro atoms. The van der Waals surface area contributed by atoms with E-state index in [1.165, 1.54) is 18.2 Å². The van der Waals surface area contributed by atoms with Crippen LogP contribution in [0, 0.1) is 0 Å². The highest BCUT2D eigenvalue weighted by molar-refractivity contribution is 8.00. The maximum absolute atomic E-state index is 11.7. The molecule has 0 aliphatic heterocycles. The first-order chi connectivity index (χ1) is 8.54. The number of hydrogen-bond acceptors (Lipinski definition) is 6. The van der Waals surface area contributed by atoms with E-state index in [0.717, 1.165) is 11.8 Å². The van der Waals surface area contributed by atoms with Crippen LogP contribution in [0.3, 0.4) is 0 Å². The maximum atomic E-state index is 11.7. The summed E-state index contributed by atoms with van der Waals surface area (Å²) >= 11 is 1.15. The molecule has 6 heteroatoms. The second kappa shape index (κ2) is 6.90. The first kappa shape index (κ1) is 14.4. The molecule has 0 aliphatic carbocycles. The lowest BCUT2D eigenvalue weighted by atomic mass is 10.1. The van der Waals surface area contributed by atoms with E-state index in [0.29, 0.717) is 12.2 Å². The van der Waals surface area contributed by atoms with Crippen LogP contribution in [0.1, 0.15) is 17.3 Å². The molecule has 0 atom stereocenters. The summed E-state index contributed by atoms with van der Waals surface area (Å²) in [5, 5.41) is 18.4. The SMILES string of the molecule is CCOC(=O)CSCC(=O)c1ccc(O)c(O)c1. The standard InChI is InChI=1S/C12H14O5S/c1-2-17-12(16)7-18-6-11(15)8-3-4-9(13)10(14)5-8/h3-5,13-14H,2,6-7H2,1H3. The van der Waals surface area contributed by atoms with Crippen LogP contribution in [-0.4, -0.2) is 40.1 Å². The van der Waals surface area contributed by atoms with E-state index in [2.05, 4.69) is 0 Å². The summed E-state index contributed by atoms with van der Waals surface area (Å²) in [5.74, 6) is -0.961. The summed E-state index contributed by atoms with van der Waals surface area (Å²) in [7, 11) is 0. The maximum Gasteiger partial charge on any atom is 0.315 e. The molecule has 0 amide bonds. The third kappa shape index (κ3) is 4.29. The Kier molecular flexibility index (Phi) is 5.51. The number of Topliss-reactive ketones (excluding diaryl/α,β-unsaturated/α-hetero) is 1. The van der Waals surface area contributed by atoms with E-state index in [1.54, 1.807) is 6.92 Å². The molecular weight excluding hydrogens is 256 g/mol. The van der Waals surface area contributed by atoms with Gasteiger partial charge in [-0.15, -0.1) is 11.8 Å². The Labute approximate surface area is 109 Å². The largest absolute Gasteiger partial charge is 0.504 e. The first-order valence-electron chi connectivity index (χ1n) is 5.33. The lowest BCUT2D eigenvalue weighted by Gasteiger charge is -2.03. The van der Waals surface area contributed by atoms with Gasteiger partial charge in [0.05, 0.1) is 18.1 Å². The van der Waals surface area contributed by atoms with Crippen LogP contribution in [0.4, 0.5) is 0 Å². The Balaban J connectivity index is 2.45. The van der Waals surface area contributed by atoms with Crippen molar-refractivity contribution in [2.24, 2.45) is 0 Å². The van der Waals surface area contributed by atoms with Crippen molar-refractivity contribution in [2.75, 3.05) is 18.1 Å². The summed E-state index contributed by atoms with van der Waals surface area (Å²) in [6.45, 7) is 2.03. The van der Waals surface area contributed by atoms with Gasteiger partial charge in [-0.25, -0.2) is 0 Å². The average Bonchev–Trinajstić information content (AvgIpc) is 2.33. The molecule has 0 aromatic heterocycles. The molecule has 0 saturated heterocycles. The van der Waals surface area contributed by atoms with Crippen LogP contribution in [0.2, 0.25) is 0 Å². The summed E-state index contributed by atoms with van der Waals surface area (Å²) in [6, 6.07) is 3.86. The monoisotopic (exact) mass is 270 g/mol. The number of carbonyl (C=O) groups excluding carboxylic acids is 2. The van der Waals surface area contributed by atoms with Crippen molar-refractivity contribution in [3.8, 4) is 11.5 Å². The van der Waals surface area contributed by atoms with Gasteiger partial charge in [0.15, 0.2) is 17.3 Å². The van der Waals surface area contributed by atoms with Gasteiger partial charge in [-0.3, -0.25) is 9.59 Å². The van der Waals surface area contributed by atoms with E-state index >= 15 is 0 Å². The fourth-order valence-corrected chi connectivity index (χ4v) is 1.91. The molecule has 98 valence electrons. The topological polar surface area (TPSA) is 83.8 Å². The number of thioether (sulfide) groups is 1. The molecule has 1 aromatic rings. The molecule has 0 heterocycles. The lowest BCUT2D eigenvalue weighted by Crippen LogP contribution is -2.10. The number of benzene rings is 1. The third-order valence-corrected chi connectivity index (χ3v) is 2.96. The predicted molar refractivity (Wildman–Crippen MR) is 68.1 cm³/mol. The Morgan fingerprint density at radius 2 is 1.94 bits per heavy atom. The number of rotatable bonds is 6. The molecule has 0 saturated carbocycles. The van der Waals surface area contributed by atoms with Crippen molar-refractivity contribution in [2.45, 2.75) is 6.92 Å². The number of hydrogen-bond donors (Lipinski definition) is 2. The van der Waals surface area contributed by atoms with Crippen molar-refractivity contribution in [3.63, 3.8) is 0 Å². The second-order valence-corrected chi connectivity index (χ2v) is 4.41. The van der Waals surface area contributed by atoms with Crippen LogP contribution >= 0.6 is 11.8 Å². The highest BCUT2D eigenvalue weighted by Gasteiger charge is 2.10. The second-order valence-electron chi connectivity index (χ2n) is 3.42. The van der Waals surface area contributed by atoms with E-state index in [1.807, 2.05) is 0 Å². The zero-order valence-electron chi connectivity index (χ0n) is 9.88. The predicted octanol–water partition coefficient (Wildman–Crippen LogP) is 1.58. The number of aromatic hydroxyl groups is 2. The molecule has 0 radical (unpaired) electrons. The van der Waals surface area contributed by atoms with Gasteiger partial charge in [-0.05, 0) is 25.1 Å². The Bertz CT molecular complexity index is 444. The number of phenolic OH excluding ortho intramolecular Hbond substituents is 2. The number of phenols is 2. The van der Waals surface area contributed by atoms with Gasteiger partial charge in [-0.2, -0.15) is 0 Å².